The number of hydrogen-bond acceptors (Lipinski definition) is 4. The lowest BCUT2D eigenvalue weighted by Gasteiger charge is -2.19. The summed E-state index contributed by atoms with van der Waals surface area (Å²) >= 11 is 0. The van der Waals surface area contributed by atoms with E-state index in [1.807, 2.05) is 67.6 Å². The summed E-state index contributed by atoms with van der Waals surface area (Å²) < 4.78 is 10.7. The van der Waals surface area contributed by atoms with Crippen molar-refractivity contribution < 1.29 is 19.1 Å². The fourth-order valence-corrected chi connectivity index (χ4v) is 3.14. The molecule has 0 aliphatic carbocycles. The minimum Gasteiger partial charge on any atom is -0.494 e. The van der Waals surface area contributed by atoms with Crippen molar-refractivity contribution in [1.29, 1.82) is 0 Å². The maximum atomic E-state index is 12.5. The average molecular weight is 418 g/mol. The van der Waals surface area contributed by atoms with Gasteiger partial charge in [-0.3, -0.25) is 4.79 Å². The van der Waals surface area contributed by atoms with Crippen molar-refractivity contribution in [2.45, 2.75) is 25.8 Å². The highest BCUT2D eigenvalue weighted by molar-refractivity contribution is 5.91. The summed E-state index contributed by atoms with van der Waals surface area (Å²) in [4.78, 5) is 24.8. The maximum Gasteiger partial charge on any atom is 0.338 e. The Balaban J connectivity index is 1.57. The third-order valence-corrected chi connectivity index (χ3v) is 4.72. The zero-order valence-electron chi connectivity index (χ0n) is 17.6. The number of hydrogen-bond donors (Lipinski definition) is 1. The fraction of sp³-hybridized carbons (Fsp3) is 0.231. The van der Waals surface area contributed by atoms with Gasteiger partial charge < -0.3 is 14.8 Å². The standard InChI is InChI=1S/C26H27NO4/c1-2-17-30-23-15-13-22(14-16-23)26(29)31-19-25(28)27-24(21-11-7-4-8-12-21)18-20-9-5-3-6-10-20/h3-16,24H,2,17-19H2,1H3,(H,27,28). The van der Waals surface area contributed by atoms with E-state index >= 15 is 0 Å². The van der Waals surface area contributed by atoms with E-state index in [1.54, 1.807) is 24.3 Å². The molecule has 0 saturated carbocycles. The molecule has 1 amide bonds. The topological polar surface area (TPSA) is 64.6 Å². The number of esters is 1. The zero-order valence-corrected chi connectivity index (χ0v) is 17.6. The second-order valence-electron chi connectivity index (χ2n) is 7.17. The molecule has 3 aromatic carbocycles. The van der Waals surface area contributed by atoms with Gasteiger partial charge in [-0.2, -0.15) is 0 Å². The van der Waals surface area contributed by atoms with Crippen molar-refractivity contribution in [2.75, 3.05) is 13.2 Å². The molecule has 0 radical (unpaired) electrons. The fourth-order valence-electron chi connectivity index (χ4n) is 3.14. The highest BCUT2D eigenvalue weighted by atomic mass is 16.5. The second-order valence-corrected chi connectivity index (χ2v) is 7.17. The molecule has 3 rings (SSSR count). The first-order chi connectivity index (χ1) is 15.2. The van der Waals surface area contributed by atoms with Crippen LogP contribution in [-0.4, -0.2) is 25.1 Å². The van der Waals surface area contributed by atoms with E-state index in [0.29, 0.717) is 24.3 Å². The molecular formula is C26H27NO4. The Morgan fingerprint density at radius 2 is 1.52 bits per heavy atom. The molecule has 1 atom stereocenters. The number of ether oxygens (including phenoxy) is 2. The van der Waals surface area contributed by atoms with Gasteiger partial charge >= 0.3 is 5.97 Å². The maximum absolute atomic E-state index is 12.5. The summed E-state index contributed by atoms with van der Waals surface area (Å²) in [6, 6.07) is 26.2. The summed E-state index contributed by atoms with van der Waals surface area (Å²) in [5.41, 5.74) is 2.48. The van der Waals surface area contributed by atoms with Gasteiger partial charge in [0.15, 0.2) is 6.61 Å². The minimum absolute atomic E-state index is 0.218. The Labute approximate surface area is 183 Å². The van der Waals surface area contributed by atoms with Crippen LogP contribution in [0, 0.1) is 0 Å². The van der Waals surface area contributed by atoms with Gasteiger partial charge in [0.25, 0.3) is 5.91 Å². The molecule has 0 saturated heterocycles. The monoisotopic (exact) mass is 417 g/mol. The SMILES string of the molecule is CCCOc1ccc(C(=O)OCC(=O)NC(Cc2ccccc2)c2ccccc2)cc1. The van der Waals surface area contributed by atoms with Gasteiger partial charge in [0.05, 0.1) is 18.2 Å². The molecule has 1 unspecified atom stereocenters. The third-order valence-electron chi connectivity index (χ3n) is 4.72. The molecule has 0 spiro atoms. The van der Waals surface area contributed by atoms with E-state index in [0.717, 1.165) is 17.5 Å². The summed E-state index contributed by atoms with van der Waals surface area (Å²) in [7, 11) is 0. The van der Waals surface area contributed by atoms with Crippen LogP contribution in [0.25, 0.3) is 0 Å². The Hall–Kier alpha value is -3.60. The van der Waals surface area contributed by atoms with Crippen LogP contribution < -0.4 is 10.1 Å². The van der Waals surface area contributed by atoms with E-state index in [9.17, 15) is 9.59 Å². The molecule has 1 N–H and O–H groups in total. The lowest BCUT2D eigenvalue weighted by molar-refractivity contribution is -0.125. The number of carbonyl (C=O) groups excluding carboxylic acids is 2. The molecule has 5 heteroatoms. The molecule has 0 aromatic heterocycles. The van der Waals surface area contributed by atoms with Crippen molar-refractivity contribution >= 4 is 11.9 Å². The Bertz CT molecular complexity index is 956. The molecule has 0 aliphatic rings. The molecule has 0 bridgehead atoms. The summed E-state index contributed by atoms with van der Waals surface area (Å²) in [5, 5.41) is 2.98. The summed E-state index contributed by atoms with van der Waals surface area (Å²) in [6.45, 7) is 2.31. The van der Waals surface area contributed by atoms with Crippen molar-refractivity contribution in [1.82, 2.24) is 5.32 Å². The van der Waals surface area contributed by atoms with E-state index < -0.39 is 5.97 Å². The number of benzene rings is 3. The van der Waals surface area contributed by atoms with Crippen molar-refractivity contribution in [2.24, 2.45) is 0 Å². The normalized spacial score (nSPS) is 11.4. The van der Waals surface area contributed by atoms with Crippen LogP contribution in [0.1, 0.15) is 40.9 Å². The molecular weight excluding hydrogens is 390 g/mol. The van der Waals surface area contributed by atoms with Gasteiger partial charge in [-0.05, 0) is 48.2 Å². The van der Waals surface area contributed by atoms with Crippen LogP contribution in [0.2, 0.25) is 0 Å². The van der Waals surface area contributed by atoms with Crippen LogP contribution in [0.15, 0.2) is 84.9 Å². The predicted octanol–water partition coefficient (Wildman–Crippen LogP) is 4.73. The summed E-state index contributed by atoms with van der Waals surface area (Å²) in [5.74, 6) is -0.194. The van der Waals surface area contributed by atoms with E-state index in [-0.39, 0.29) is 18.6 Å². The average Bonchev–Trinajstić information content (AvgIpc) is 2.82. The van der Waals surface area contributed by atoms with Gasteiger partial charge in [0, 0.05) is 0 Å². The molecule has 0 fully saturated rings. The van der Waals surface area contributed by atoms with E-state index in [2.05, 4.69) is 5.32 Å². The molecule has 0 aliphatic heterocycles. The number of carbonyl (C=O) groups is 2. The number of amides is 1. The van der Waals surface area contributed by atoms with Crippen LogP contribution in [-0.2, 0) is 16.0 Å². The highest BCUT2D eigenvalue weighted by Crippen LogP contribution is 2.18. The van der Waals surface area contributed by atoms with Crippen molar-refractivity contribution in [3.05, 3.63) is 102 Å². The third kappa shape index (κ3) is 7.00. The van der Waals surface area contributed by atoms with Crippen molar-refractivity contribution in [3.8, 4) is 5.75 Å². The first-order valence-electron chi connectivity index (χ1n) is 10.4. The van der Waals surface area contributed by atoms with Crippen LogP contribution in [0.3, 0.4) is 0 Å². The molecule has 5 nitrogen and oxygen atoms in total. The molecule has 3 aromatic rings. The quantitative estimate of drug-likeness (QED) is 0.484. The molecule has 0 heterocycles. The van der Waals surface area contributed by atoms with Gasteiger partial charge in [-0.25, -0.2) is 4.79 Å². The number of rotatable bonds is 10. The Morgan fingerprint density at radius 3 is 2.16 bits per heavy atom. The Morgan fingerprint density at radius 1 is 0.871 bits per heavy atom. The first kappa shape index (κ1) is 22.1. The van der Waals surface area contributed by atoms with Gasteiger partial charge in [-0.15, -0.1) is 0 Å². The minimum atomic E-state index is -0.545. The van der Waals surface area contributed by atoms with Crippen LogP contribution in [0.4, 0.5) is 0 Å². The lowest BCUT2D eigenvalue weighted by Crippen LogP contribution is -2.33. The van der Waals surface area contributed by atoms with Gasteiger partial charge in [0.1, 0.15) is 5.75 Å². The highest BCUT2D eigenvalue weighted by Gasteiger charge is 2.17. The summed E-state index contributed by atoms with van der Waals surface area (Å²) in [6.07, 6.45) is 1.55. The lowest BCUT2D eigenvalue weighted by atomic mass is 9.99. The smallest absolute Gasteiger partial charge is 0.338 e. The number of nitrogens with one attached hydrogen (secondary N) is 1. The first-order valence-corrected chi connectivity index (χ1v) is 10.4. The van der Waals surface area contributed by atoms with Gasteiger partial charge in [0.2, 0.25) is 0 Å². The van der Waals surface area contributed by atoms with Crippen molar-refractivity contribution in [3.63, 3.8) is 0 Å². The largest absolute Gasteiger partial charge is 0.494 e. The van der Waals surface area contributed by atoms with Crippen LogP contribution >= 0.6 is 0 Å². The van der Waals surface area contributed by atoms with Gasteiger partial charge in [-0.1, -0.05) is 67.6 Å². The second kappa shape index (κ2) is 11.6. The van der Waals surface area contributed by atoms with E-state index in [1.165, 1.54) is 0 Å². The zero-order chi connectivity index (χ0) is 21.9. The molecule has 160 valence electrons. The Kier molecular flexibility index (Phi) is 8.23. The van der Waals surface area contributed by atoms with E-state index in [4.69, 9.17) is 9.47 Å². The predicted molar refractivity (Wildman–Crippen MR) is 120 cm³/mol. The molecule has 31 heavy (non-hydrogen) atoms. The van der Waals surface area contributed by atoms with Crippen LogP contribution in [0.5, 0.6) is 5.75 Å².